The van der Waals surface area contributed by atoms with Crippen LogP contribution < -0.4 is 5.32 Å². The molecular weight excluding hydrogens is 254 g/mol. The molecule has 0 saturated carbocycles. The van der Waals surface area contributed by atoms with Crippen LogP contribution in [0.5, 0.6) is 0 Å². The second-order valence-corrected chi connectivity index (χ2v) is 5.89. The Balaban J connectivity index is 1.96. The third-order valence-electron chi connectivity index (χ3n) is 3.52. The Labute approximate surface area is 118 Å². The summed E-state index contributed by atoms with van der Waals surface area (Å²) < 4.78 is 0. The first-order valence-corrected chi connectivity index (χ1v) is 7.64. The summed E-state index contributed by atoms with van der Waals surface area (Å²) in [7, 11) is 0. The molecule has 0 bridgehead atoms. The van der Waals surface area contributed by atoms with Crippen molar-refractivity contribution in [2.24, 2.45) is 0 Å². The van der Waals surface area contributed by atoms with E-state index in [1.165, 1.54) is 10.6 Å². The van der Waals surface area contributed by atoms with Gasteiger partial charge in [0.05, 0.1) is 11.7 Å². The Morgan fingerprint density at radius 2 is 2.05 bits per heavy atom. The largest absolute Gasteiger partial charge is 0.314 e. The molecule has 0 unspecified atom stereocenters. The highest BCUT2D eigenvalue weighted by atomic mass is 32.1. The van der Waals surface area contributed by atoms with Crippen molar-refractivity contribution in [3.63, 3.8) is 0 Å². The topological polar surface area (TPSA) is 28.2 Å². The molecule has 4 heteroatoms. The summed E-state index contributed by atoms with van der Waals surface area (Å²) in [5, 5.41) is 5.57. The molecule has 0 aliphatic carbocycles. The van der Waals surface area contributed by atoms with E-state index in [0.29, 0.717) is 6.04 Å². The van der Waals surface area contributed by atoms with Gasteiger partial charge in [-0.1, -0.05) is 12.1 Å². The Kier molecular flexibility index (Phi) is 3.92. The van der Waals surface area contributed by atoms with Gasteiger partial charge in [0.25, 0.3) is 0 Å². The van der Waals surface area contributed by atoms with Gasteiger partial charge in [-0.25, -0.2) is 0 Å². The summed E-state index contributed by atoms with van der Waals surface area (Å²) in [5.41, 5.74) is 2.26. The predicted octanol–water partition coefficient (Wildman–Crippen LogP) is 2.45. The van der Waals surface area contributed by atoms with E-state index < -0.39 is 0 Å². The lowest BCUT2D eigenvalue weighted by Crippen LogP contribution is -2.45. The molecule has 3 nitrogen and oxygen atoms in total. The number of nitrogens with one attached hydrogen (secondary N) is 1. The SMILES string of the molecule is Cc1cccc([C@@H](c2cccs2)N2CCNCC2)n1. The van der Waals surface area contributed by atoms with Gasteiger partial charge in [-0.3, -0.25) is 9.88 Å². The maximum atomic E-state index is 4.75. The molecule has 1 N–H and O–H groups in total. The van der Waals surface area contributed by atoms with Gasteiger partial charge in [-0.05, 0) is 30.5 Å². The predicted molar refractivity (Wildman–Crippen MR) is 79.6 cm³/mol. The zero-order valence-corrected chi connectivity index (χ0v) is 12.0. The first-order chi connectivity index (χ1) is 9.34. The Morgan fingerprint density at radius 3 is 2.74 bits per heavy atom. The maximum absolute atomic E-state index is 4.75. The highest BCUT2D eigenvalue weighted by Crippen LogP contribution is 2.30. The monoisotopic (exact) mass is 273 g/mol. The van der Waals surface area contributed by atoms with Gasteiger partial charge in [0.2, 0.25) is 0 Å². The van der Waals surface area contributed by atoms with Crippen molar-refractivity contribution in [3.8, 4) is 0 Å². The molecule has 1 saturated heterocycles. The molecule has 1 fully saturated rings. The van der Waals surface area contributed by atoms with E-state index in [9.17, 15) is 0 Å². The molecule has 3 rings (SSSR count). The number of hydrogen-bond acceptors (Lipinski definition) is 4. The van der Waals surface area contributed by atoms with Crippen LogP contribution in [0.25, 0.3) is 0 Å². The molecular formula is C15H19N3S. The quantitative estimate of drug-likeness (QED) is 0.931. The Hall–Kier alpha value is -1.23. The van der Waals surface area contributed by atoms with Gasteiger partial charge in [-0.15, -0.1) is 11.3 Å². The lowest BCUT2D eigenvalue weighted by atomic mass is 10.1. The highest BCUT2D eigenvalue weighted by molar-refractivity contribution is 7.10. The van der Waals surface area contributed by atoms with Gasteiger partial charge >= 0.3 is 0 Å². The zero-order valence-electron chi connectivity index (χ0n) is 11.2. The van der Waals surface area contributed by atoms with Crippen LogP contribution in [0.15, 0.2) is 35.7 Å². The molecule has 100 valence electrons. The molecule has 1 atom stereocenters. The van der Waals surface area contributed by atoms with Crippen molar-refractivity contribution in [2.45, 2.75) is 13.0 Å². The first-order valence-electron chi connectivity index (χ1n) is 6.76. The molecule has 3 heterocycles. The van der Waals surface area contributed by atoms with Gasteiger partial charge in [-0.2, -0.15) is 0 Å². The van der Waals surface area contributed by atoms with E-state index in [0.717, 1.165) is 31.9 Å². The fraction of sp³-hybridized carbons (Fsp3) is 0.400. The average Bonchev–Trinajstić information content (AvgIpc) is 2.94. The number of rotatable bonds is 3. The average molecular weight is 273 g/mol. The van der Waals surface area contributed by atoms with Crippen LogP contribution in [0.2, 0.25) is 0 Å². The van der Waals surface area contributed by atoms with Crippen LogP contribution in [0.4, 0.5) is 0 Å². The van der Waals surface area contributed by atoms with Crippen molar-refractivity contribution >= 4 is 11.3 Å². The maximum Gasteiger partial charge on any atom is 0.0870 e. The van der Waals surface area contributed by atoms with Crippen LogP contribution >= 0.6 is 11.3 Å². The summed E-state index contributed by atoms with van der Waals surface area (Å²) in [5.74, 6) is 0. The lowest BCUT2D eigenvalue weighted by molar-refractivity contribution is 0.197. The van der Waals surface area contributed by atoms with E-state index in [1.807, 2.05) is 11.3 Å². The number of hydrogen-bond donors (Lipinski definition) is 1. The molecule has 0 spiro atoms. The number of pyridine rings is 1. The Morgan fingerprint density at radius 1 is 1.21 bits per heavy atom. The summed E-state index contributed by atoms with van der Waals surface area (Å²) in [6.45, 7) is 6.35. The molecule has 0 amide bonds. The van der Waals surface area contributed by atoms with Gasteiger partial charge in [0.1, 0.15) is 0 Å². The molecule has 19 heavy (non-hydrogen) atoms. The number of piperazine rings is 1. The first kappa shape index (κ1) is 12.8. The molecule has 2 aromatic heterocycles. The second-order valence-electron chi connectivity index (χ2n) is 4.91. The molecule has 1 aliphatic heterocycles. The van der Waals surface area contributed by atoms with Crippen molar-refractivity contribution in [2.75, 3.05) is 26.2 Å². The van der Waals surface area contributed by atoms with Crippen molar-refractivity contribution in [1.82, 2.24) is 15.2 Å². The van der Waals surface area contributed by atoms with Crippen LogP contribution in [0, 0.1) is 6.92 Å². The minimum absolute atomic E-state index is 0.307. The molecule has 1 aliphatic rings. The van der Waals surface area contributed by atoms with Gasteiger partial charge < -0.3 is 5.32 Å². The minimum Gasteiger partial charge on any atom is -0.314 e. The van der Waals surface area contributed by atoms with Crippen molar-refractivity contribution in [1.29, 1.82) is 0 Å². The number of aromatic nitrogens is 1. The van der Waals surface area contributed by atoms with Crippen molar-refractivity contribution in [3.05, 3.63) is 52.0 Å². The van der Waals surface area contributed by atoms with Crippen LogP contribution in [0.1, 0.15) is 22.3 Å². The zero-order chi connectivity index (χ0) is 13.1. The standard InChI is InChI=1S/C15H19N3S/c1-12-4-2-5-13(17-12)15(14-6-3-11-19-14)18-9-7-16-8-10-18/h2-6,11,15-16H,7-10H2,1H3/t15-/m0/s1. The minimum atomic E-state index is 0.307. The summed E-state index contributed by atoms with van der Waals surface area (Å²) in [6, 6.07) is 11.0. The molecule has 0 radical (unpaired) electrons. The molecule has 0 aromatic carbocycles. The fourth-order valence-electron chi connectivity index (χ4n) is 2.62. The van der Waals surface area contributed by atoms with Crippen molar-refractivity contribution < 1.29 is 0 Å². The smallest absolute Gasteiger partial charge is 0.0870 e. The summed E-state index contributed by atoms with van der Waals surface area (Å²) in [6.07, 6.45) is 0. The lowest BCUT2D eigenvalue weighted by Gasteiger charge is -2.34. The van der Waals surface area contributed by atoms with Gasteiger partial charge in [0.15, 0.2) is 0 Å². The fourth-order valence-corrected chi connectivity index (χ4v) is 3.49. The Bertz CT molecular complexity index is 518. The van der Waals surface area contributed by atoms with Gasteiger partial charge in [0, 0.05) is 36.8 Å². The highest BCUT2D eigenvalue weighted by Gasteiger charge is 2.25. The van der Waals surface area contributed by atoms with Crippen LogP contribution in [-0.4, -0.2) is 36.1 Å². The van der Waals surface area contributed by atoms with E-state index in [1.54, 1.807) is 0 Å². The number of nitrogens with zero attached hydrogens (tertiary/aromatic N) is 2. The molecule has 2 aromatic rings. The van der Waals surface area contributed by atoms with E-state index >= 15 is 0 Å². The van der Waals surface area contributed by atoms with E-state index in [2.05, 4.69) is 52.9 Å². The van der Waals surface area contributed by atoms with E-state index in [4.69, 9.17) is 4.98 Å². The number of thiophene rings is 1. The third-order valence-corrected chi connectivity index (χ3v) is 4.44. The van der Waals surface area contributed by atoms with Crippen LogP contribution in [0.3, 0.4) is 0 Å². The normalized spacial score (nSPS) is 18.4. The number of aryl methyl sites for hydroxylation is 1. The second kappa shape index (κ2) is 5.82. The van der Waals surface area contributed by atoms with Crippen LogP contribution in [-0.2, 0) is 0 Å². The summed E-state index contributed by atoms with van der Waals surface area (Å²) >= 11 is 1.82. The third kappa shape index (κ3) is 2.86. The summed E-state index contributed by atoms with van der Waals surface area (Å²) in [4.78, 5) is 8.67. The van der Waals surface area contributed by atoms with E-state index in [-0.39, 0.29) is 0 Å².